The molecular weight excluding hydrogens is 230 g/mol. The summed E-state index contributed by atoms with van der Waals surface area (Å²) in [6.45, 7) is 4.67. The number of hydrogen-bond donors (Lipinski definition) is 2. The van der Waals surface area contributed by atoms with E-state index >= 15 is 0 Å². The van der Waals surface area contributed by atoms with Crippen molar-refractivity contribution in [2.24, 2.45) is 0 Å². The highest BCUT2D eigenvalue weighted by Gasteiger charge is 2.21. The van der Waals surface area contributed by atoms with Crippen LogP contribution in [0.25, 0.3) is 0 Å². The molecule has 1 rings (SSSR count). The molecule has 0 radical (unpaired) electrons. The van der Waals surface area contributed by atoms with E-state index in [1.807, 2.05) is 19.2 Å². The Bertz CT molecular complexity index is 313. The summed E-state index contributed by atoms with van der Waals surface area (Å²) in [5.74, 6) is 0.755. The third-order valence-corrected chi connectivity index (χ3v) is 3.71. The molecule has 0 bridgehead atoms. The summed E-state index contributed by atoms with van der Waals surface area (Å²) in [5, 5.41) is 13.6. The van der Waals surface area contributed by atoms with E-state index in [1.54, 1.807) is 11.8 Å². The molecule has 0 aromatic heterocycles. The van der Waals surface area contributed by atoms with Gasteiger partial charge in [-0.25, -0.2) is 0 Å². The van der Waals surface area contributed by atoms with Crippen molar-refractivity contribution in [1.29, 1.82) is 0 Å². The second-order valence-corrected chi connectivity index (χ2v) is 5.55. The maximum absolute atomic E-state index is 10.1. The lowest BCUT2D eigenvalue weighted by atomic mass is 10.0. The van der Waals surface area contributed by atoms with Gasteiger partial charge in [-0.3, -0.25) is 0 Å². The van der Waals surface area contributed by atoms with Gasteiger partial charge in [-0.2, -0.15) is 11.8 Å². The second-order valence-electron chi connectivity index (χ2n) is 4.68. The van der Waals surface area contributed by atoms with Crippen molar-refractivity contribution in [2.45, 2.75) is 31.9 Å². The number of benzene rings is 1. The monoisotopic (exact) mass is 253 g/mol. The van der Waals surface area contributed by atoms with Crippen molar-refractivity contribution in [1.82, 2.24) is 5.32 Å². The van der Waals surface area contributed by atoms with Gasteiger partial charge in [0.2, 0.25) is 0 Å². The molecule has 0 heterocycles. The average Bonchev–Trinajstić information content (AvgIpc) is 2.31. The number of rotatable bonds is 7. The number of aliphatic hydroxyl groups is 1. The molecule has 2 N–H and O–H groups in total. The van der Waals surface area contributed by atoms with Crippen LogP contribution in [0.2, 0.25) is 0 Å². The predicted octanol–water partition coefficient (Wildman–Crippen LogP) is 2.84. The molecule has 3 heteroatoms. The smallest absolute Gasteiger partial charge is 0.0833 e. The van der Waals surface area contributed by atoms with Gasteiger partial charge in [0, 0.05) is 18.3 Å². The molecule has 2 nitrogen and oxygen atoms in total. The van der Waals surface area contributed by atoms with E-state index in [1.165, 1.54) is 5.56 Å². The molecule has 0 amide bonds. The highest BCUT2D eigenvalue weighted by molar-refractivity contribution is 7.98. The lowest BCUT2D eigenvalue weighted by molar-refractivity contribution is 0.0812. The van der Waals surface area contributed by atoms with Gasteiger partial charge in [0.15, 0.2) is 0 Å². The quantitative estimate of drug-likeness (QED) is 0.784. The lowest BCUT2D eigenvalue weighted by Crippen LogP contribution is -2.41. The van der Waals surface area contributed by atoms with Crippen LogP contribution in [-0.2, 0) is 0 Å². The third kappa shape index (κ3) is 5.11. The first kappa shape index (κ1) is 14.6. The molecule has 2 unspecified atom stereocenters. The molecule has 0 saturated carbocycles. The molecule has 0 saturated heterocycles. The number of thioether (sulfide) groups is 1. The highest BCUT2D eigenvalue weighted by Crippen LogP contribution is 2.17. The van der Waals surface area contributed by atoms with E-state index in [9.17, 15) is 5.11 Å². The van der Waals surface area contributed by atoms with E-state index in [2.05, 4.69) is 36.5 Å². The molecule has 0 aliphatic carbocycles. The minimum absolute atomic E-state index is 0.324. The first-order valence-electron chi connectivity index (χ1n) is 6.08. The Morgan fingerprint density at radius 2 is 2.00 bits per heavy atom. The summed E-state index contributed by atoms with van der Waals surface area (Å²) in [5.41, 5.74) is 0.650. The van der Waals surface area contributed by atoms with Crippen molar-refractivity contribution in [3.63, 3.8) is 0 Å². The summed E-state index contributed by atoms with van der Waals surface area (Å²) in [4.78, 5) is 0. The largest absolute Gasteiger partial charge is 0.388 e. The minimum atomic E-state index is -0.637. The fourth-order valence-electron chi connectivity index (χ4n) is 1.89. The van der Waals surface area contributed by atoms with Gasteiger partial charge in [-0.15, -0.1) is 0 Å². The third-order valence-electron chi connectivity index (χ3n) is 2.79. The van der Waals surface area contributed by atoms with E-state index in [0.29, 0.717) is 12.6 Å². The molecule has 0 spiro atoms. The standard InChI is InChI=1S/C14H23NOS/c1-4-13(12-8-6-5-7-9-12)15-10-14(2,16)11-17-3/h5-9,13,15-16H,4,10-11H2,1-3H3. The van der Waals surface area contributed by atoms with E-state index in [0.717, 1.165) is 12.2 Å². The summed E-state index contributed by atoms with van der Waals surface area (Å²) in [7, 11) is 0. The van der Waals surface area contributed by atoms with Crippen LogP contribution in [-0.4, -0.2) is 29.3 Å². The van der Waals surface area contributed by atoms with Crippen molar-refractivity contribution in [3.05, 3.63) is 35.9 Å². The van der Waals surface area contributed by atoms with Crippen LogP contribution in [0.15, 0.2) is 30.3 Å². The summed E-state index contributed by atoms with van der Waals surface area (Å²) < 4.78 is 0. The molecule has 1 aromatic rings. The predicted molar refractivity (Wildman–Crippen MR) is 76.5 cm³/mol. The summed E-state index contributed by atoms with van der Waals surface area (Å²) >= 11 is 1.67. The van der Waals surface area contributed by atoms with Crippen molar-refractivity contribution in [3.8, 4) is 0 Å². The molecule has 0 aliphatic rings. The molecule has 1 aromatic carbocycles. The minimum Gasteiger partial charge on any atom is -0.388 e. The molecular formula is C14H23NOS. The molecule has 2 atom stereocenters. The Morgan fingerprint density at radius 3 is 2.53 bits per heavy atom. The number of nitrogens with one attached hydrogen (secondary N) is 1. The van der Waals surface area contributed by atoms with Crippen molar-refractivity contribution < 1.29 is 5.11 Å². The maximum Gasteiger partial charge on any atom is 0.0833 e. The maximum atomic E-state index is 10.1. The fraction of sp³-hybridized carbons (Fsp3) is 0.571. The molecule has 96 valence electrons. The van der Waals surface area contributed by atoms with Gasteiger partial charge in [0.05, 0.1) is 5.60 Å². The topological polar surface area (TPSA) is 32.3 Å². The first-order valence-corrected chi connectivity index (χ1v) is 7.48. The van der Waals surface area contributed by atoms with Crippen molar-refractivity contribution in [2.75, 3.05) is 18.6 Å². The lowest BCUT2D eigenvalue weighted by Gasteiger charge is -2.26. The Labute approximate surface area is 109 Å². The average molecular weight is 253 g/mol. The number of hydrogen-bond acceptors (Lipinski definition) is 3. The van der Waals surface area contributed by atoms with Crippen LogP contribution in [0, 0.1) is 0 Å². The van der Waals surface area contributed by atoms with Gasteiger partial charge in [-0.1, -0.05) is 37.3 Å². The van der Waals surface area contributed by atoms with Crippen molar-refractivity contribution >= 4 is 11.8 Å². The van der Waals surface area contributed by atoms with Gasteiger partial charge < -0.3 is 10.4 Å². The highest BCUT2D eigenvalue weighted by atomic mass is 32.2. The van der Waals surface area contributed by atoms with E-state index in [-0.39, 0.29) is 0 Å². The zero-order chi connectivity index (χ0) is 12.7. The summed E-state index contributed by atoms with van der Waals surface area (Å²) in [6, 6.07) is 10.7. The fourth-order valence-corrected chi connectivity index (χ4v) is 2.61. The Kier molecular flexibility index (Phi) is 6.03. The zero-order valence-corrected chi connectivity index (χ0v) is 11.8. The van der Waals surface area contributed by atoms with Gasteiger partial charge >= 0.3 is 0 Å². The van der Waals surface area contributed by atoms with E-state index < -0.39 is 5.60 Å². The first-order chi connectivity index (χ1) is 8.09. The zero-order valence-electron chi connectivity index (χ0n) is 10.9. The molecule has 17 heavy (non-hydrogen) atoms. The van der Waals surface area contributed by atoms with Crippen LogP contribution < -0.4 is 5.32 Å². The second kappa shape index (κ2) is 7.04. The summed E-state index contributed by atoms with van der Waals surface area (Å²) in [6.07, 6.45) is 3.04. The van der Waals surface area contributed by atoms with Crippen LogP contribution in [0.3, 0.4) is 0 Å². The SMILES string of the molecule is CCC(NCC(C)(O)CSC)c1ccccc1. The van der Waals surface area contributed by atoms with Crippen LogP contribution in [0.5, 0.6) is 0 Å². The van der Waals surface area contributed by atoms with Crippen LogP contribution >= 0.6 is 11.8 Å². The Balaban J connectivity index is 2.54. The normalized spacial score (nSPS) is 16.5. The van der Waals surface area contributed by atoms with Gasteiger partial charge in [0.1, 0.15) is 0 Å². The van der Waals surface area contributed by atoms with Gasteiger partial charge in [0.25, 0.3) is 0 Å². The van der Waals surface area contributed by atoms with Crippen LogP contribution in [0.4, 0.5) is 0 Å². The molecule has 0 fully saturated rings. The van der Waals surface area contributed by atoms with Crippen LogP contribution in [0.1, 0.15) is 31.9 Å². The van der Waals surface area contributed by atoms with Gasteiger partial charge in [-0.05, 0) is 25.2 Å². The van der Waals surface area contributed by atoms with E-state index in [4.69, 9.17) is 0 Å². The Hall–Kier alpha value is -0.510. The Morgan fingerprint density at radius 1 is 1.35 bits per heavy atom. The molecule has 0 aliphatic heterocycles.